The minimum absolute atomic E-state index is 0.0805. The summed E-state index contributed by atoms with van der Waals surface area (Å²) in [5, 5.41) is 0. The van der Waals surface area contributed by atoms with E-state index in [4.69, 9.17) is 18.0 Å². The van der Waals surface area contributed by atoms with Gasteiger partial charge in [0.1, 0.15) is 0 Å². The van der Waals surface area contributed by atoms with Crippen molar-refractivity contribution in [3.05, 3.63) is 0 Å². The summed E-state index contributed by atoms with van der Waals surface area (Å²) >= 11 is 4.73. The van der Waals surface area contributed by atoms with Crippen LogP contribution in [0.4, 0.5) is 0 Å². The minimum Gasteiger partial charge on any atom is -0.393 e. The van der Waals surface area contributed by atoms with Gasteiger partial charge in [-0.1, -0.05) is 19.1 Å². The molecule has 1 aliphatic rings. The number of hydrogen-bond acceptors (Lipinski definition) is 2. The first-order valence-electron chi connectivity index (χ1n) is 5.08. The van der Waals surface area contributed by atoms with Crippen LogP contribution in [0.5, 0.6) is 0 Å². The molecule has 1 heterocycles. The first kappa shape index (κ1) is 11.4. The van der Waals surface area contributed by atoms with Crippen LogP contribution in [0.25, 0.3) is 0 Å². The zero-order valence-corrected chi connectivity index (χ0v) is 9.64. The number of hydrogen-bond donors (Lipinski definition) is 1. The summed E-state index contributed by atoms with van der Waals surface area (Å²) in [5.41, 5.74) is 5.36. The summed E-state index contributed by atoms with van der Waals surface area (Å²) in [4.78, 5) is 13.9. The van der Waals surface area contributed by atoms with E-state index in [2.05, 4.69) is 13.8 Å². The monoisotopic (exact) mass is 214 g/mol. The van der Waals surface area contributed by atoms with Gasteiger partial charge in [0, 0.05) is 12.6 Å². The van der Waals surface area contributed by atoms with E-state index >= 15 is 0 Å². The Kier molecular flexibility index (Phi) is 3.86. The van der Waals surface area contributed by atoms with Crippen molar-refractivity contribution in [3.8, 4) is 0 Å². The zero-order valence-electron chi connectivity index (χ0n) is 8.82. The first-order chi connectivity index (χ1) is 6.50. The van der Waals surface area contributed by atoms with E-state index in [9.17, 15) is 4.79 Å². The number of carbonyl (C=O) groups is 1. The lowest BCUT2D eigenvalue weighted by Gasteiger charge is -2.36. The average Bonchev–Trinajstić information content (AvgIpc) is 2.01. The molecular weight excluding hydrogens is 196 g/mol. The fourth-order valence-electron chi connectivity index (χ4n) is 2.03. The van der Waals surface area contributed by atoms with E-state index in [1.807, 2.05) is 4.90 Å². The minimum atomic E-state index is 0.0805. The quantitative estimate of drug-likeness (QED) is 0.705. The Labute approximate surface area is 90.6 Å². The predicted octanol–water partition coefficient (Wildman–Crippen LogP) is 1.31. The Bertz CT molecular complexity index is 242. The van der Waals surface area contributed by atoms with Gasteiger partial charge >= 0.3 is 0 Å². The molecule has 2 unspecified atom stereocenters. The van der Waals surface area contributed by atoms with Gasteiger partial charge in [-0.3, -0.25) is 4.79 Å². The van der Waals surface area contributed by atoms with E-state index in [1.54, 1.807) is 0 Å². The van der Waals surface area contributed by atoms with Gasteiger partial charge < -0.3 is 10.6 Å². The fourth-order valence-corrected chi connectivity index (χ4v) is 2.15. The molecule has 1 amide bonds. The van der Waals surface area contributed by atoms with Crippen LogP contribution in [-0.4, -0.2) is 28.4 Å². The number of nitrogens with zero attached hydrogens (tertiary/aromatic N) is 1. The Morgan fingerprint density at radius 2 is 2.21 bits per heavy atom. The van der Waals surface area contributed by atoms with Crippen LogP contribution < -0.4 is 5.73 Å². The molecule has 1 aliphatic heterocycles. The number of thiocarbonyl (C=S) groups is 1. The lowest BCUT2D eigenvalue weighted by atomic mass is 9.93. The molecule has 0 saturated carbocycles. The van der Waals surface area contributed by atoms with Gasteiger partial charge in [-0.15, -0.1) is 0 Å². The van der Waals surface area contributed by atoms with Crippen LogP contribution in [-0.2, 0) is 4.79 Å². The maximum Gasteiger partial charge on any atom is 0.229 e. The third-order valence-corrected chi connectivity index (χ3v) is 2.93. The second-order valence-electron chi connectivity index (χ2n) is 4.21. The molecule has 4 heteroatoms. The second-order valence-corrected chi connectivity index (χ2v) is 4.73. The predicted molar refractivity (Wildman–Crippen MR) is 61.0 cm³/mol. The highest BCUT2D eigenvalue weighted by molar-refractivity contribution is 7.80. The highest BCUT2D eigenvalue weighted by atomic mass is 32.1. The number of carbonyl (C=O) groups excluding carboxylic acids is 1. The standard InChI is InChI=1S/C10H18N2OS/c1-7-3-4-12(8(2)5-7)10(13)6-9(11)14/h7-8H,3-6H2,1-2H3,(H2,11,14). The van der Waals surface area contributed by atoms with Crippen molar-refractivity contribution in [1.29, 1.82) is 0 Å². The topological polar surface area (TPSA) is 46.3 Å². The van der Waals surface area contributed by atoms with E-state index < -0.39 is 0 Å². The van der Waals surface area contributed by atoms with Crippen LogP contribution in [0.1, 0.15) is 33.1 Å². The highest BCUT2D eigenvalue weighted by Crippen LogP contribution is 2.22. The lowest BCUT2D eigenvalue weighted by Crippen LogP contribution is -2.45. The Morgan fingerprint density at radius 1 is 1.57 bits per heavy atom. The first-order valence-corrected chi connectivity index (χ1v) is 5.49. The molecule has 0 bridgehead atoms. The third kappa shape index (κ3) is 2.94. The van der Waals surface area contributed by atoms with Crippen LogP contribution in [0, 0.1) is 5.92 Å². The molecule has 2 atom stereocenters. The molecular formula is C10H18N2OS. The maximum absolute atomic E-state index is 11.7. The number of likely N-dealkylation sites (tertiary alicyclic amines) is 1. The third-order valence-electron chi connectivity index (χ3n) is 2.78. The van der Waals surface area contributed by atoms with E-state index in [0.29, 0.717) is 11.0 Å². The summed E-state index contributed by atoms with van der Waals surface area (Å²) < 4.78 is 0. The van der Waals surface area contributed by atoms with Crippen molar-refractivity contribution in [2.24, 2.45) is 11.7 Å². The molecule has 2 N–H and O–H groups in total. The van der Waals surface area contributed by atoms with Gasteiger partial charge in [-0.2, -0.15) is 0 Å². The molecule has 14 heavy (non-hydrogen) atoms. The van der Waals surface area contributed by atoms with Gasteiger partial charge in [0.05, 0.1) is 11.4 Å². The smallest absolute Gasteiger partial charge is 0.229 e. The van der Waals surface area contributed by atoms with Gasteiger partial charge in [-0.05, 0) is 25.7 Å². The summed E-state index contributed by atoms with van der Waals surface area (Å²) in [5.74, 6) is 0.802. The molecule has 0 spiro atoms. The van der Waals surface area contributed by atoms with Gasteiger partial charge in [0.2, 0.25) is 5.91 Å². The molecule has 3 nitrogen and oxygen atoms in total. The zero-order chi connectivity index (χ0) is 10.7. The molecule has 1 saturated heterocycles. The molecule has 80 valence electrons. The number of nitrogens with two attached hydrogens (primary N) is 1. The molecule has 0 radical (unpaired) electrons. The summed E-state index contributed by atoms with van der Waals surface area (Å²) in [6.45, 7) is 5.17. The van der Waals surface area contributed by atoms with Crippen molar-refractivity contribution < 1.29 is 4.79 Å². The van der Waals surface area contributed by atoms with Gasteiger partial charge in [0.25, 0.3) is 0 Å². The molecule has 1 rings (SSSR count). The number of piperidine rings is 1. The summed E-state index contributed by atoms with van der Waals surface area (Å²) in [6.07, 6.45) is 2.39. The Morgan fingerprint density at radius 3 is 2.71 bits per heavy atom. The molecule has 1 fully saturated rings. The number of amides is 1. The molecule has 0 aliphatic carbocycles. The van der Waals surface area contributed by atoms with Crippen molar-refractivity contribution in [3.63, 3.8) is 0 Å². The Balaban J connectivity index is 2.51. The summed E-state index contributed by atoms with van der Waals surface area (Å²) in [6, 6.07) is 0.334. The van der Waals surface area contributed by atoms with E-state index in [0.717, 1.165) is 25.3 Å². The normalized spacial score (nSPS) is 27.4. The van der Waals surface area contributed by atoms with Crippen molar-refractivity contribution >= 4 is 23.1 Å². The summed E-state index contributed by atoms with van der Waals surface area (Å²) in [7, 11) is 0. The van der Waals surface area contributed by atoms with E-state index in [1.165, 1.54) is 0 Å². The average molecular weight is 214 g/mol. The fraction of sp³-hybridized carbons (Fsp3) is 0.800. The van der Waals surface area contributed by atoms with Gasteiger partial charge in [-0.25, -0.2) is 0 Å². The van der Waals surface area contributed by atoms with Crippen LogP contribution >= 0.6 is 12.2 Å². The molecule has 0 aromatic rings. The largest absolute Gasteiger partial charge is 0.393 e. The van der Waals surface area contributed by atoms with Crippen molar-refractivity contribution in [2.75, 3.05) is 6.54 Å². The number of rotatable bonds is 2. The van der Waals surface area contributed by atoms with Gasteiger partial charge in [0.15, 0.2) is 0 Å². The van der Waals surface area contributed by atoms with Crippen molar-refractivity contribution in [1.82, 2.24) is 4.90 Å². The highest BCUT2D eigenvalue weighted by Gasteiger charge is 2.26. The SMILES string of the molecule is CC1CCN(C(=O)CC(N)=S)C(C)C1. The van der Waals surface area contributed by atoms with Crippen LogP contribution in [0.3, 0.4) is 0 Å². The second kappa shape index (κ2) is 4.73. The van der Waals surface area contributed by atoms with Crippen LogP contribution in [0.15, 0.2) is 0 Å². The Hall–Kier alpha value is -0.640. The molecule has 0 aromatic heterocycles. The lowest BCUT2D eigenvalue weighted by molar-refractivity contribution is -0.133. The van der Waals surface area contributed by atoms with E-state index in [-0.39, 0.29) is 12.3 Å². The molecule has 0 aromatic carbocycles. The maximum atomic E-state index is 11.7. The van der Waals surface area contributed by atoms with Crippen LogP contribution in [0.2, 0.25) is 0 Å². The van der Waals surface area contributed by atoms with Crippen molar-refractivity contribution in [2.45, 2.75) is 39.2 Å².